The van der Waals surface area contributed by atoms with Crippen LogP contribution in [0.15, 0.2) is 16.7 Å². The Hall–Kier alpha value is -3.05. The van der Waals surface area contributed by atoms with Crippen molar-refractivity contribution in [3.63, 3.8) is 0 Å². The number of oxazole rings is 1. The second-order valence-corrected chi connectivity index (χ2v) is 8.85. The van der Waals surface area contributed by atoms with Crippen molar-refractivity contribution in [3.05, 3.63) is 35.2 Å². The fraction of sp³-hybridized carbons (Fsp3) is 0.500. The van der Waals surface area contributed by atoms with E-state index in [-0.39, 0.29) is 36.2 Å². The van der Waals surface area contributed by atoms with Crippen molar-refractivity contribution in [3.8, 4) is 11.5 Å². The lowest BCUT2D eigenvalue weighted by atomic mass is 9.66. The van der Waals surface area contributed by atoms with Gasteiger partial charge in [-0.25, -0.2) is 18.6 Å². The Labute approximate surface area is 188 Å². The maximum absolute atomic E-state index is 15.6. The standard InChI is InChI=1S/C22H24F2N4O5/c1-4-12-8-32-18(25-12)13-5-11-6-22(19(29)26-21(31)27-20(22)30)17-10(3)33-9(2)7-28(17)16(11)15(24)14(13)23/h5,8-10,17,19,29H,4,6-7H2,1-3H3,(H2,26,27,30,31)/t9-,10+,17-,19?,22?/m0/s1. The van der Waals surface area contributed by atoms with E-state index in [2.05, 4.69) is 15.6 Å². The van der Waals surface area contributed by atoms with Gasteiger partial charge in [-0.2, -0.15) is 0 Å². The van der Waals surface area contributed by atoms with Gasteiger partial charge >= 0.3 is 6.03 Å². The van der Waals surface area contributed by atoms with Gasteiger partial charge in [0, 0.05) is 6.54 Å². The molecule has 3 N–H and O–H groups in total. The van der Waals surface area contributed by atoms with Crippen molar-refractivity contribution in [1.29, 1.82) is 0 Å². The predicted molar refractivity (Wildman–Crippen MR) is 111 cm³/mol. The van der Waals surface area contributed by atoms with Crippen molar-refractivity contribution in [1.82, 2.24) is 15.6 Å². The summed E-state index contributed by atoms with van der Waals surface area (Å²) in [5.74, 6) is -2.98. The van der Waals surface area contributed by atoms with E-state index in [1.165, 1.54) is 12.3 Å². The molecule has 9 nitrogen and oxygen atoms in total. The molecule has 1 aromatic heterocycles. The van der Waals surface area contributed by atoms with E-state index in [0.717, 1.165) is 0 Å². The van der Waals surface area contributed by atoms with E-state index in [1.54, 1.807) is 18.7 Å². The lowest BCUT2D eigenvalue weighted by Gasteiger charge is -2.57. The van der Waals surface area contributed by atoms with Crippen LogP contribution in [0.3, 0.4) is 0 Å². The molecular formula is C22H24F2N4O5. The number of imide groups is 1. The van der Waals surface area contributed by atoms with Crippen LogP contribution < -0.4 is 15.5 Å². The van der Waals surface area contributed by atoms with E-state index >= 15 is 8.78 Å². The third kappa shape index (κ3) is 3.06. The van der Waals surface area contributed by atoms with Crippen molar-refractivity contribution in [2.45, 2.75) is 58.1 Å². The number of nitrogens with one attached hydrogen (secondary N) is 2. The Morgan fingerprint density at radius 2 is 2.06 bits per heavy atom. The average Bonchev–Trinajstić information content (AvgIpc) is 3.22. The highest BCUT2D eigenvalue weighted by Gasteiger charge is 2.62. The highest BCUT2D eigenvalue weighted by Crippen LogP contribution is 2.50. The van der Waals surface area contributed by atoms with Crippen molar-refractivity contribution < 1.29 is 32.6 Å². The van der Waals surface area contributed by atoms with Gasteiger partial charge in [-0.1, -0.05) is 6.92 Å². The number of aliphatic hydroxyl groups excluding tert-OH is 1. The largest absolute Gasteiger partial charge is 0.444 e. The van der Waals surface area contributed by atoms with Crippen LogP contribution in [0.1, 0.15) is 32.0 Å². The van der Waals surface area contributed by atoms with Gasteiger partial charge in [0.25, 0.3) is 0 Å². The zero-order valence-electron chi connectivity index (χ0n) is 18.3. The first kappa shape index (κ1) is 21.8. The zero-order chi connectivity index (χ0) is 23.7. The van der Waals surface area contributed by atoms with E-state index in [9.17, 15) is 14.7 Å². The summed E-state index contributed by atoms with van der Waals surface area (Å²) in [5.41, 5.74) is -0.882. The minimum atomic E-state index is -1.59. The van der Waals surface area contributed by atoms with Gasteiger partial charge < -0.3 is 24.5 Å². The van der Waals surface area contributed by atoms with E-state index < -0.39 is 47.4 Å². The SMILES string of the molecule is CCc1coc(-c2cc3c(c(F)c2F)N2C[C@H](C)O[C@H](C)[C@H]2C2(C3)C(=O)NC(=O)NC2O)n1. The maximum Gasteiger partial charge on any atom is 0.323 e. The first-order chi connectivity index (χ1) is 15.7. The van der Waals surface area contributed by atoms with Gasteiger partial charge in [0.2, 0.25) is 11.8 Å². The number of amides is 3. The summed E-state index contributed by atoms with van der Waals surface area (Å²) < 4.78 is 42.1. The van der Waals surface area contributed by atoms with Gasteiger partial charge in [-0.3, -0.25) is 10.1 Å². The number of carbonyl (C=O) groups excluding carboxylic acids is 2. The molecule has 11 heteroatoms. The molecule has 3 amide bonds. The first-order valence-electron chi connectivity index (χ1n) is 10.8. The number of carbonyl (C=O) groups is 2. The molecule has 0 radical (unpaired) electrons. The molecule has 2 fully saturated rings. The van der Waals surface area contributed by atoms with E-state index in [4.69, 9.17) is 9.15 Å². The Balaban J connectivity index is 1.73. The summed E-state index contributed by atoms with van der Waals surface area (Å²) in [5, 5.41) is 15.5. The van der Waals surface area contributed by atoms with Gasteiger partial charge in [0.1, 0.15) is 17.9 Å². The second kappa shape index (κ2) is 7.49. The van der Waals surface area contributed by atoms with Crippen molar-refractivity contribution in [2.24, 2.45) is 5.41 Å². The van der Waals surface area contributed by atoms with Crippen molar-refractivity contribution in [2.75, 3.05) is 11.4 Å². The molecule has 3 aliphatic rings. The molecule has 0 aliphatic carbocycles. The number of hydrogen-bond acceptors (Lipinski definition) is 7. The third-order valence-electron chi connectivity index (χ3n) is 6.79. The number of hydrogen-bond donors (Lipinski definition) is 3. The van der Waals surface area contributed by atoms with Crippen molar-refractivity contribution >= 4 is 17.6 Å². The highest BCUT2D eigenvalue weighted by atomic mass is 19.2. The number of urea groups is 1. The summed E-state index contributed by atoms with van der Waals surface area (Å²) in [6.07, 6.45) is -0.771. The van der Waals surface area contributed by atoms with Gasteiger partial charge in [-0.05, 0) is 38.3 Å². The van der Waals surface area contributed by atoms with Crippen LogP contribution in [0.25, 0.3) is 11.5 Å². The minimum Gasteiger partial charge on any atom is -0.444 e. The number of halogens is 2. The molecule has 33 heavy (non-hydrogen) atoms. The molecule has 2 unspecified atom stereocenters. The number of aliphatic hydroxyl groups is 1. The number of aromatic nitrogens is 1. The lowest BCUT2D eigenvalue weighted by molar-refractivity contribution is -0.155. The quantitative estimate of drug-likeness (QED) is 0.624. The smallest absolute Gasteiger partial charge is 0.323 e. The molecule has 3 aliphatic heterocycles. The molecule has 1 spiro atoms. The Kier molecular flexibility index (Phi) is 4.94. The molecule has 5 rings (SSSR count). The molecule has 5 atom stereocenters. The molecular weight excluding hydrogens is 438 g/mol. The van der Waals surface area contributed by atoms with Crippen LogP contribution >= 0.6 is 0 Å². The molecule has 0 saturated carbocycles. The van der Waals surface area contributed by atoms with Gasteiger partial charge in [0.15, 0.2) is 11.6 Å². The topological polar surface area (TPSA) is 117 Å². The Bertz CT molecular complexity index is 1150. The molecule has 2 aromatic rings. The first-order valence-corrected chi connectivity index (χ1v) is 10.8. The molecule has 0 bridgehead atoms. The average molecular weight is 462 g/mol. The fourth-order valence-electron chi connectivity index (χ4n) is 5.44. The van der Waals surface area contributed by atoms with Crippen LogP contribution in [0.4, 0.5) is 19.3 Å². The predicted octanol–water partition coefficient (Wildman–Crippen LogP) is 1.86. The van der Waals surface area contributed by atoms with Gasteiger partial charge in [-0.15, -0.1) is 0 Å². The summed E-state index contributed by atoms with van der Waals surface area (Å²) >= 11 is 0. The number of aryl methyl sites for hydroxylation is 1. The number of rotatable bonds is 2. The monoisotopic (exact) mass is 462 g/mol. The minimum absolute atomic E-state index is 0.00745. The molecule has 176 valence electrons. The van der Waals surface area contributed by atoms with Crippen LogP contribution in [-0.2, 0) is 22.4 Å². The molecule has 2 saturated heterocycles. The van der Waals surface area contributed by atoms with E-state index in [0.29, 0.717) is 17.7 Å². The normalized spacial score (nSPS) is 31.2. The maximum atomic E-state index is 15.6. The number of benzene rings is 1. The third-order valence-corrected chi connectivity index (χ3v) is 6.79. The fourth-order valence-corrected chi connectivity index (χ4v) is 5.44. The number of nitrogens with zero attached hydrogens (tertiary/aromatic N) is 2. The number of morpholine rings is 1. The van der Waals surface area contributed by atoms with Crippen LogP contribution in [-0.4, -0.2) is 53.1 Å². The van der Waals surface area contributed by atoms with Crippen LogP contribution in [0.5, 0.6) is 0 Å². The molecule has 1 aromatic carbocycles. The number of anilines is 1. The number of fused-ring (bicyclic) bond motifs is 4. The summed E-state index contributed by atoms with van der Waals surface area (Å²) in [7, 11) is 0. The lowest BCUT2D eigenvalue weighted by Crippen LogP contribution is -2.76. The molecule has 4 heterocycles. The van der Waals surface area contributed by atoms with Crippen LogP contribution in [0, 0.1) is 17.0 Å². The second-order valence-electron chi connectivity index (χ2n) is 8.85. The highest BCUT2D eigenvalue weighted by molar-refractivity contribution is 6.02. The zero-order valence-corrected chi connectivity index (χ0v) is 18.3. The van der Waals surface area contributed by atoms with Gasteiger partial charge in [0.05, 0.1) is 35.2 Å². The van der Waals surface area contributed by atoms with Crippen LogP contribution in [0.2, 0.25) is 0 Å². The number of ether oxygens (including phenoxy) is 1. The Morgan fingerprint density at radius 1 is 1.30 bits per heavy atom. The summed E-state index contributed by atoms with van der Waals surface area (Å²) in [6.45, 7) is 5.51. The summed E-state index contributed by atoms with van der Waals surface area (Å²) in [6, 6.07) is -0.283. The van der Waals surface area contributed by atoms with E-state index in [1.807, 2.05) is 6.92 Å². The Morgan fingerprint density at radius 3 is 2.73 bits per heavy atom. The summed E-state index contributed by atoms with van der Waals surface area (Å²) in [4.78, 5) is 30.8.